The van der Waals surface area contributed by atoms with E-state index in [9.17, 15) is 9.90 Å². The van der Waals surface area contributed by atoms with Crippen molar-refractivity contribution in [3.63, 3.8) is 0 Å². The number of ketones is 1. The molecule has 0 heterocycles. The molecule has 0 spiro atoms. The number of aliphatic hydroxyl groups is 1. The lowest BCUT2D eigenvalue weighted by molar-refractivity contribution is -0.124. The molecule has 1 N–H and O–H groups in total. The summed E-state index contributed by atoms with van der Waals surface area (Å²) < 4.78 is 0. The van der Waals surface area contributed by atoms with Gasteiger partial charge in [-0.2, -0.15) is 0 Å². The van der Waals surface area contributed by atoms with Crippen LogP contribution in [-0.4, -0.2) is 17.0 Å². The van der Waals surface area contributed by atoms with Gasteiger partial charge in [0.05, 0.1) is 6.10 Å². The third-order valence-corrected chi connectivity index (χ3v) is 5.27. The highest BCUT2D eigenvalue weighted by Crippen LogP contribution is 2.44. The molecule has 0 unspecified atom stereocenters. The maximum atomic E-state index is 12.2. The van der Waals surface area contributed by atoms with E-state index >= 15 is 0 Å². The second-order valence-electron chi connectivity index (χ2n) is 6.61. The molecule has 2 aliphatic carbocycles. The van der Waals surface area contributed by atoms with Crippen molar-refractivity contribution in [1.29, 1.82) is 0 Å². The summed E-state index contributed by atoms with van der Waals surface area (Å²) in [6, 6.07) is 0. The van der Waals surface area contributed by atoms with Crippen molar-refractivity contribution >= 4 is 5.78 Å². The van der Waals surface area contributed by atoms with Crippen LogP contribution in [0.25, 0.3) is 0 Å². The first-order chi connectivity index (χ1) is 9.25. The van der Waals surface area contributed by atoms with Crippen molar-refractivity contribution < 1.29 is 9.90 Å². The Morgan fingerprint density at radius 3 is 2.37 bits per heavy atom. The van der Waals surface area contributed by atoms with Gasteiger partial charge in [0.25, 0.3) is 0 Å². The smallest absolute Gasteiger partial charge is 0.142 e. The lowest BCUT2D eigenvalue weighted by Gasteiger charge is -2.23. The summed E-state index contributed by atoms with van der Waals surface area (Å²) >= 11 is 0. The molecule has 0 radical (unpaired) electrons. The predicted molar refractivity (Wildman–Crippen MR) is 77.9 cm³/mol. The first kappa shape index (κ1) is 15.0. The number of Topliss-reactive ketones (excluding diaryl/α,β-unsaturated/α-hetero) is 1. The van der Waals surface area contributed by atoms with Gasteiger partial charge in [-0.25, -0.2) is 0 Å². The number of hydrogen-bond acceptors (Lipinski definition) is 2. The monoisotopic (exact) mass is 266 g/mol. The molecule has 2 nitrogen and oxygen atoms in total. The van der Waals surface area contributed by atoms with E-state index in [1.807, 2.05) is 0 Å². The van der Waals surface area contributed by atoms with Crippen LogP contribution < -0.4 is 0 Å². The number of carbonyl (C=O) groups is 1. The van der Waals surface area contributed by atoms with E-state index < -0.39 is 0 Å². The molecular weight excluding hydrogens is 236 g/mol. The minimum Gasteiger partial charge on any atom is -0.392 e. The average Bonchev–Trinajstić information content (AvgIpc) is 2.55. The molecule has 2 saturated carbocycles. The molecule has 2 fully saturated rings. The molecule has 0 aromatic carbocycles. The lowest BCUT2D eigenvalue weighted by atomic mass is 9.84. The standard InChI is InChI=1S/C17H30O2/c1-2-3-4-5-6-7-10-13-14-11-8-9-12-15(16(13)18)17(14)19/h13-16,18H,2-12H2,1H3/t13-,14-,15+,16-/m0/s1. The van der Waals surface area contributed by atoms with Crippen LogP contribution in [0.4, 0.5) is 0 Å². The minimum absolute atomic E-state index is 0.0161. The molecule has 4 atom stereocenters. The molecule has 2 rings (SSSR count). The molecular formula is C17H30O2. The molecule has 110 valence electrons. The Labute approximate surface area is 118 Å². The zero-order valence-electron chi connectivity index (χ0n) is 12.4. The van der Waals surface area contributed by atoms with Gasteiger partial charge >= 0.3 is 0 Å². The third kappa shape index (κ3) is 3.59. The van der Waals surface area contributed by atoms with Gasteiger partial charge in [-0.05, 0) is 25.2 Å². The SMILES string of the molecule is CCCCCCCC[C@@H]1[C@H](O)[C@H]2CCCC[C@@H]1C2=O. The number of fused-ring (bicyclic) bond motifs is 2. The number of unbranched alkanes of at least 4 members (excludes halogenated alkanes) is 5. The quantitative estimate of drug-likeness (QED) is 0.704. The topological polar surface area (TPSA) is 37.3 Å². The van der Waals surface area contributed by atoms with Crippen molar-refractivity contribution in [2.45, 2.75) is 83.7 Å². The lowest BCUT2D eigenvalue weighted by Crippen LogP contribution is -2.24. The number of hydrogen-bond donors (Lipinski definition) is 1. The Bertz CT molecular complexity index is 287. The fraction of sp³-hybridized carbons (Fsp3) is 0.941. The van der Waals surface area contributed by atoms with Gasteiger partial charge in [-0.15, -0.1) is 0 Å². The highest BCUT2D eigenvalue weighted by atomic mass is 16.3. The maximum Gasteiger partial charge on any atom is 0.142 e. The van der Waals surface area contributed by atoms with Gasteiger partial charge in [-0.1, -0.05) is 58.3 Å². The van der Waals surface area contributed by atoms with Gasteiger partial charge < -0.3 is 5.11 Å². The summed E-state index contributed by atoms with van der Waals surface area (Å²) in [5, 5.41) is 10.4. The largest absolute Gasteiger partial charge is 0.392 e. The van der Waals surface area contributed by atoms with Gasteiger partial charge in [0.2, 0.25) is 0 Å². The molecule has 2 heteroatoms. The molecule has 2 bridgehead atoms. The molecule has 0 amide bonds. The first-order valence-electron chi connectivity index (χ1n) is 8.47. The van der Waals surface area contributed by atoms with Gasteiger partial charge in [0.1, 0.15) is 5.78 Å². The molecule has 19 heavy (non-hydrogen) atoms. The van der Waals surface area contributed by atoms with Crippen LogP contribution >= 0.6 is 0 Å². The Hall–Kier alpha value is -0.370. The zero-order valence-corrected chi connectivity index (χ0v) is 12.4. The van der Waals surface area contributed by atoms with Crippen molar-refractivity contribution in [3.8, 4) is 0 Å². The summed E-state index contributed by atoms with van der Waals surface area (Å²) in [6.45, 7) is 2.24. The van der Waals surface area contributed by atoms with Gasteiger partial charge in [0, 0.05) is 11.8 Å². The van der Waals surface area contributed by atoms with Crippen LogP contribution in [-0.2, 0) is 4.79 Å². The molecule has 0 aliphatic heterocycles. The Balaban J connectivity index is 1.75. The second-order valence-corrected chi connectivity index (χ2v) is 6.61. The molecule has 0 aromatic rings. The summed E-state index contributed by atoms with van der Waals surface area (Å²) in [7, 11) is 0. The third-order valence-electron chi connectivity index (χ3n) is 5.27. The Morgan fingerprint density at radius 2 is 1.63 bits per heavy atom. The van der Waals surface area contributed by atoms with E-state index in [0.717, 1.165) is 25.7 Å². The molecule has 2 aliphatic rings. The normalized spacial score (nSPS) is 34.5. The second kappa shape index (κ2) is 7.42. The van der Waals surface area contributed by atoms with Gasteiger partial charge in [0.15, 0.2) is 0 Å². The Kier molecular flexibility index (Phi) is 5.87. The minimum atomic E-state index is -0.326. The first-order valence-corrected chi connectivity index (χ1v) is 8.47. The van der Waals surface area contributed by atoms with Crippen molar-refractivity contribution in [3.05, 3.63) is 0 Å². The van der Waals surface area contributed by atoms with Crippen molar-refractivity contribution in [2.24, 2.45) is 17.8 Å². The van der Waals surface area contributed by atoms with E-state index in [-0.39, 0.29) is 23.9 Å². The van der Waals surface area contributed by atoms with Crippen LogP contribution in [0.2, 0.25) is 0 Å². The fourth-order valence-electron chi connectivity index (χ4n) is 4.12. The zero-order chi connectivity index (χ0) is 13.7. The van der Waals surface area contributed by atoms with E-state index in [2.05, 4.69) is 6.92 Å². The van der Waals surface area contributed by atoms with Crippen LogP contribution in [0, 0.1) is 17.8 Å². The van der Waals surface area contributed by atoms with Crippen LogP contribution in [0.15, 0.2) is 0 Å². The average molecular weight is 266 g/mol. The fourth-order valence-corrected chi connectivity index (χ4v) is 4.12. The summed E-state index contributed by atoms with van der Waals surface area (Å²) in [6.07, 6.45) is 12.8. The summed E-state index contributed by atoms with van der Waals surface area (Å²) in [5.41, 5.74) is 0. The highest BCUT2D eigenvalue weighted by Gasteiger charge is 2.48. The maximum absolute atomic E-state index is 12.2. The molecule has 0 saturated heterocycles. The van der Waals surface area contributed by atoms with Crippen molar-refractivity contribution in [1.82, 2.24) is 0 Å². The van der Waals surface area contributed by atoms with Crippen molar-refractivity contribution in [2.75, 3.05) is 0 Å². The Morgan fingerprint density at radius 1 is 1.00 bits per heavy atom. The van der Waals surface area contributed by atoms with Gasteiger partial charge in [-0.3, -0.25) is 4.79 Å². The highest BCUT2D eigenvalue weighted by molar-refractivity contribution is 5.87. The van der Waals surface area contributed by atoms with Crippen LogP contribution in [0.3, 0.4) is 0 Å². The van der Waals surface area contributed by atoms with Crippen LogP contribution in [0.5, 0.6) is 0 Å². The molecule has 0 aromatic heterocycles. The van der Waals surface area contributed by atoms with E-state index in [4.69, 9.17) is 0 Å². The van der Waals surface area contributed by atoms with E-state index in [0.29, 0.717) is 5.78 Å². The number of aliphatic hydroxyl groups excluding tert-OH is 1. The summed E-state index contributed by atoms with van der Waals surface area (Å²) in [5.74, 6) is 0.848. The van der Waals surface area contributed by atoms with Crippen LogP contribution in [0.1, 0.15) is 77.6 Å². The number of carbonyl (C=O) groups excluding carboxylic acids is 1. The van der Waals surface area contributed by atoms with E-state index in [1.54, 1.807) is 0 Å². The summed E-state index contributed by atoms with van der Waals surface area (Å²) in [4.78, 5) is 12.2. The van der Waals surface area contributed by atoms with E-state index in [1.165, 1.54) is 44.9 Å². The predicted octanol–water partition coefficient (Wildman–Crippen LogP) is 4.10. The number of rotatable bonds is 7.